The summed E-state index contributed by atoms with van der Waals surface area (Å²) in [6.45, 7) is 0. The van der Waals surface area contributed by atoms with Crippen molar-refractivity contribution in [1.82, 2.24) is 9.63 Å². The van der Waals surface area contributed by atoms with Crippen LogP contribution in [0.5, 0.6) is 0 Å². The maximum Gasteiger partial charge on any atom is 0.336 e. The summed E-state index contributed by atoms with van der Waals surface area (Å²) in [5.41, 5.74) is 0.549. The van der Waals surface area contributed by atoms with Crippen molar-refractivity contribution in [3.63, 3.8) is 0 Å². The molecule has 1 aliphatic carbocycles. The minimum absolute atomic E-state index is 0.275. The van der Waals surface area contributed by atoms with Crippen LogP contribution < -0.4 is 0 Å². The number of fused-ring (bicyclic) bond motifs is 1. The van der Waals surface area contributed by atoms with Crippen LogP contribution in [-0.2, 0) is 9.63 Å². The number of amides is 2. The minimum Gasteiger partial charge on any atom is -0.351 e. The SMILES string of the molecule is O=C(ON1C(=O)c2ccccc2C1=O)C1CCC(n2cccc2)CC1. The zero-order valence-corrected chi connectivity index (χ0v) is 13.6. The van der Waals surface area contributed by atoms with E-state index >= 15 is 0 Å². The van der Waals surface area contributed by atoms with Gasteiger partial charge in [-0.25, -0.2) is 4.79 Å². The fourth-order valence-corrected chi connectivity index (χ4v) is 3.62. The normalized spacial score (nSPS) is 22.8. The van der Waals surface area contributed by atoms with Crippen LogP contribution in [0.2, 0.25) is 0 Å². The molecule has 2 heterocycles. The highest BCUT2D eigenvalue weighted by atomic mass is 16.7. The fraction of sp³-hybridized carbons (Fsp3) is 0.316. The van der Waals surface area contributed by atoms with E-state index < -0.39 is 17.8 Å². The van der Waals surface area contributed by atoms with Gasteiger partial charge in [0.25, 0.3) is 11.8 Å². The van der Waals surface area contributed by atoms with E-state index in [1.165, 1.54) is 0 Å². The van der Waals surface area contributed by atoms with Gasteiger partial charge in [0.05, 0.1) is 17.0 Å². The first-order valence-electron chi connectivity index (χ1n) is 8.47. The van der Waals surface area contributed by atoms with Gasteiger partial charge in [-0.1, -0.05) is 17.2 Å². The summed E-state index contributed by atoms with van der Waals surface area (Å²) in [5.74, 6) is -1.93. The predicted molar refractivity (Wildman–Crippen MR) is 88.5 cm³/mol. The number of carbonyl (C=O) groups excluding carboxylic acids is 3. The number of rotatable bonds is 3. The summed E-state index contributed by atoms with van der Waals surface area (Å²) in [7, 11) is 0. The van der Waals surface area contributed by atoms with Crippen LogP contribution in [-0.4, -0.2) is 27.4 Å². The average molecular weight is 338 g/mol. The molecule has 0 saturated heterocycles. The molecule has 6 nitrogen and oxygen atoms in total. The second-order valence-corrected chi connectivity index (χ2v) is 6.50. The lowest BCUT2D eigenvalue weighted by atomic mass is 9.86. The molecule has 1 aromatic carbocycles. The lowest BCUT2D eigenvalue weighted by molar-refractivity contribution is -0.175. The molecule has 0 unspecified atom stereocenters. The lowest BCUT2D eigenvalue weighted by Gasteiger charge is -2.28. The molecule has 6 heteroatoms. The van der Waals surface area contributed by atoms with Gasteiger partial charge in [-0.15, -0.1) is 0 Å². The van der Waals surface area contributed by atoms with Gasteiger partial charge in [-0.05, 0) is 49.9 Å². The largest absolute Gasteiger partial charge is 0.351 e. The summed E-state index contributed by atoms with van der Waals surface area (Å²) in [6.07, 6.45) is 7.17. The number of hydrogen-bond acceptors (Lipinski definition) is 4. The first-order chi connectivity index (χ1) is 12.1. The van der Waals surface area contributed by atoms with Crippen molar-refractivity contribution >= 4 is 17.8 Å². The Bertz CT molecular complexity index is 785. The molecule has 2 amide bonds. The Morgan fingerprint density at radius 2 is 1.44 bits per heavy atom. The molecule has 0 N–H and O–H groups in total. The van der Waals surface area contributed by atoms with Crippen LogP contribution in [0.15, 0.2) is 48.8 Å². The summed E-state index contributed by atoms with van der Waals surface area (Å²) in [5, 5.41) is 0.602. The second-order valence-electron chi connectivity index (χ2n) is 6.50. The van der Waals surface area contributed by atoms with E-state index in [9.17, 15) is 14.4 Å². The van der Waals surface area contributed by atoms with Gasteiger partial charge in [-0.3, -0.25) is 9.59 Å². The van der Waals surface area contributed by atoms with Crippen molar-refractivity contribution in [3.8, 4) is 0 Å². The van der Waals surface area contributed by atoms with Crippen LogP contribution in [0, 0.1) is 5.92 Å². The van der Waals surface area contributed by atoms with Gasteiger partial charge in [0.2, 0.25) is 0 Å². The van der Waals surface area contributed by atoms with E-state index in [1.54, 1.807) is 24.3 Å². The van der Waals surface area contributed by atoms with Crippen LogP contribution >= 0.6 is 0 Å². The van der Waals surface area contributed by atoms with E-state index in [-0.39, 0.29) is 17.0 Å². The maximum absolute atomic E-state index is 12.4. The van der Waals surface area contributed by atoms with E-state index in [0.717, 1.165) is 12.8 Å². The zero-order chi connectivity index (χ0) is 17.4. The topological polar surface area (TPSA) is 68.6 Å². The van der Waals surface area contributed by atoms with Crippen LogP contribution in [0.25, 0.3) is 0 Å². The first-order valence-corrected chi connectivity index (χ1v) is 8.47. The summed E-state index contributed by atoms with van der Waals surface area (Å²) >= 11 is 0. The molecular weight excluding hydrogens is 320 g/mol. The Kier molecular flexibility index (Phi) is 3.87. The van der Waals surface area contributed by atoms with Crippen molar-refractivity contribution < 1.29 is 19.2 Å². The van der Waals surface area contributed by atoms with E-state index in [0.29, 0.717) is 23.9 Å². The van der Waals surface area contributed by atoms with Crippen molar-refractivity contribution in [2.45, 2.75) is 31.7 Å². The predicted octanol–water partition coefficient (Wildman–Crippen LogP) is 2.97. The third-order valence-electron chi connectivity index (χ3n) is 5.02. The highest BCUT2D eigenvalue weighted by Crippen LogP contribution is 2.33. The van der Waals surface area contributed by atoms with Crippen LogP contribution in [0.4, 0.5) is 0 Å². The molecule has 2 aromatic rings. The molecule has 4 rings (SSSR count). The number of benzene rings is 1. The summed E-state index contributed by atoms with van der Waals surface area (Å²) in [4.78, 5) is 42.1. The van der Waals surface area contributed by atoms with Crippen molar-refractivity contribution in [2.75, 3.05) is 0 Å². The highest BCUT2D eigenvalue weighted by Gasteiger charge is 2.40. The molecule has 2 aliphatic rings. The maximum atomic E-state index is 12.4. The van der Waals surface area contributed by atoms with Crippen molar-refractivity contribution in [1.29, 1.82) is 0 Å². The molecule has 1 aromatic heterocycles. The highest BCUT2D eigenvalue weighted by molar-refractivity contribution is 6.20. The Hall–Kier alpha value is -2.89. The zero-order valence-electron chi connectivity index (χ0n) is 13.6. The molecule has 0 spiro atoms. The van der Waals surface area contributed by atoms with E-state index in [2.05, 4.69) is 4.57 Å². The number of aromatic nitrogens is 1. The van der Waals surface area contributed by atoms with Crippen molar-refractivity contribution in [3.05, 3.63) is 59.9 Å². The number of hydrogen-bond donors (Lipinski definition) is 0. The smallest absolute Gasteiger partial charge is 0.336 e. The Labute approximate surface area is 144 Å². The third kappa shape index (κ3) is 2.73. The molecule has 1 aliphatic heterocycles. The number of nitrogens with zero attached hydrogens (tertiary/aromatic N) is 2. The molecule has 128 valence electrons. The third-order valence-corrected chi connectivity index (χ3v) is 5.02. The quantitative estimate of drug-likeness (QED) is 0.807. The Morgan fingerprint density at radius 1 is 0.880 bits per heavy atom. The van der Waals surface area contributed by atoms with Gasteiger partial charge >= 0.3 is 5.97 Å². The van der Waals surface area contributed by atoms with Gasteiger partial charge in [0.15, 0.2) is 0 Å². The minimum atomic E-state index is -0.574. The van der Waals surface area contributed by atoms with Crippen molar-refractivity contribution in [2.24, 2.45) is 5.92 Å². The number of hydroxylamine groups is 2. The average Bonchev–Trinajstić information content (AvgIpc) is 3.26. The number of carbonyl (C=O) groups is 3. The first kappa shape index (κ1) is 15.6. The van der Waals surface area contributed by atoms with Gasteiger partial charge in [-0.2, -0.15) is 0 Å². The van der Waals surface area contributed by atoms with E-state index in [1.807, 2.05) is 24.5 Å². The lowest BCUT2D eigenvalue weighted by Crippen LogP contribution is -2.36. The fourth-order valence-electron chi connectivity index (χ4n) is 3.62. The molecule has 1 saturated carbocycles. The summed E-state index contributed by atoms with van der Waals surface area (Å²) < 4.78 is 2.16. The molecule has 0 atom stereocenters. The summed E-state index contributed by atoms with van der Waals surface area (Å²) in [6, 6.07) is 10.8. The monoisotopic (exact) mass is 338 g/mol. The van der Waals surface area contributed by atoms with E-state index in [4.69, 9.17) is 4.84 Å². The Morgan fingerprint density at radius 3 is 2.00 bits per heavy atom. The van der Waals surface area contributed by atoms with Gasteiger partial charge < -0.3 is 9.40 Å². The molecular formula is C19H18N2O4. The second kappa shape index (κ2) is 6.20. The van der Waals surface area contributed by atoms with Gasteiger partial charge in [0, 0.05) is 18.4 Å². The number of imide groups is 1. The van der Waals surface area contributed by atoms with Crippen LogP contribution in [0.3, 0.4) is 0 Å². The Balaban J connectivity index is 1.39. The molecule has 0 radical (unpaired) electrons. The standard InChI is InChI=1S/C19H18N2O4/c22-17-15-5-1-2-6-16(15)18(23)21(17)25-19(24)13-7-9-14(10-8-13)20-11-3-4-12-20/h1-6,11-14H,7-10H2. The molecule has 25 heavy (non-hydrogen) atoms. The van der Waals surface area contributed by atoms with Gasteiger partial charge in [0.1, 0.15) is 0 Å². The molecule has 0 bridgehead atoms. The van der Waals surface area contributed by atoms with Crippen LogP contribution in [0.1, 0.15) is 52.4 Å². The molecule has 1 fully saturated rings.